The third-order valence-electron chi connectivity index (χ3n) is 6.05. The normalized spacial score (nSPS) is 11.7. The maximum absolute atomic E-state index is 14.3. The maximum atomic E-state index is 14.3. The molecule has 0 radical (unpaired) electrons. The molecule has 4 N–H and O–H groups in total. The standard InChI is InChI=1S/C25H19FN8O9S3.3Na/c26-23-30-24(32-25(31-23)29-16-7-3-4-8-18(16)44(35,36)37)28-14-9-10-19(45(38,39)40)17(12-14)33-34-22-20(46(41,42)43)11-13-5-1-2-6-15(13)21(22)27;;;/h1-12H,27H2,(H,35,36,37)(H,38,39,40)(H,41,42,43)(H2,28,29,30,31,32);;;/q;3*+1/p-3. The van der Waals surface area contributed by atoms with Gasteiger partial charge in [-0.3, -0.25) is 0 Å². The van der Waals surface area contributed by atoms with Crippen LogP contribution >= 0.6 is 0 Å². The molecule has 49 heavy (non-hydrogen) atoms. The summed E-state index contributed by atoms with van der Waals surface area (Å²) in [5.41, 5.74) is 4.18. The molecule has 0 atom stereocenters. The number of azo groups is 1. The summed E-state index contributed by atoms with van der Waals surface area (Å²) in [5, 5.41) is 12.9. The van der Waals surface area contributed by atoms with Crippen molar-refractivity contribution in [3.8, 4) is 0 Å². The van der Waals surface area contributed by atoms with Gasteiger partial charge in [-0.2, -0.15) is 19.3 Å². The molecule has 5 rings (SSSR count). The zero-order chi connectivity index (χ0) is 33.4. The second kappa shape index (κ2) is 16.9. The first-order valence-electron chi connectivity index (χ1n) is 12.3. The molecule has 17 nitrogen and oxygen atoms in total. The Hall–Kier alpha value is -2.19. The van der Waals surface area contributed by atoms with Gasteiger partial charge in [0.1, 0.15) is 41.7 Å². The summed E-state index contributed by atoms with van der Waals surface area (Å²) in [7, 11) is -15.3. The first kappa shape index (κ1) is 43.0. The Bertz CT molecular complexity index is 2410. The van der Waals surface area contributed by atoms with Gasteiger partial charge >= 0.3 is 94.8 Å². The van der Waals surface area contributed by atoms with Gasteiger partial charge in [0.15, 0.2) is 0 Å². The number of anilines is 5. The number of aromatic nitrogens is 3. The van der Waals surface area contributed by atoms with Crippen LogP contribution in [0.4, 0.5) is 44.7 Å². The molecule has 0 amide bonds. The van der Waals surface area contributed by atoms with Crippen molar-refractivity contribution in [2.24, 2.45) is 10.2 Å². The number of nitrogen functional groups attached to an aromatic ring is 1. The molecular formula is C25H16FN8Na3O9S3. The molecule has 4 aromatic carbocycles. The topological polar surface area (TPSA) is 285 Å². The summed E-state index contributed by atoms with van der Waals surface area (Å²) in [4.78, 5) is 8.29. The predicted octanol–water partition coefficient (Wildman–Crippen LogP) is -5.63. The molecule has 1 heterocycles. The Balaban J connectivity index is 0.00000278. The Labute approximate surface area is 344 Å². The summed E-state index contributed by atoms with van der Waals surface area (Å²) in [6.45, 7) is 0. The smallest absolute Gasteiger partial charge is 0.744 e. The minimum atomic E-state index is -5.20. The van der Waals surface area contributed by atoms with Crippen molar-refractivity contribution in [3.05, 3.63) is 78.9 Å². The number of fused-ring (bicyclic) bond motifs is 1. The summed E-state index contributed by atoms with van der Waals surface area (Å²) in [5.74, 6) is -1.06. The minimum Gasteiger partial charge on any atom is -0.744 e. The molecule has 0 aliphatic heterocycles. The third-order valence-corrected chi connectivity index (χ3v) is 8.68. The second-order valence-corrected chi connectivity index (χ2v) is 13.1. The number of halogens is 1. The van der Waals surface area contributed by atoms with E-state index in [2.05, 4.69) is 35.8 Å². The molecule has 0 spiro atoms. The molecule has 0 aliphatic carbocycles. The fourth-order valence-corrected chi connectivity index (χ4v) is 6.00. The molecular weight excluding hydrogens is 740 g/mol. The van der Waals surface area contributed by atoms with Gasteiger partial charge in [-0.15, -0.1) is 10.2 Å². The quantitative estimate of drug-likeness (QED) is 0.0547. The van der Waals surface area contributed by atoms with Crippen molar-refractivity contribution >= 4 is 81.5 Å². The SMILES string of the molecule is Nc1c(N=Nc2cc(Nc3nc(F)nc(Nc4ccccc4S(=O)(=O)[O-])n3)ccc2S(=O)(=O)[O-])c(S(=O)(=O)[O-])cc2ccccc12.[Na+].[Na+].[Na+]. The number of benzene rings is 4. The van der Waals surface area contributed by atoms with Crippen molar-refractivity contribution in [1.82, 2.24) is 15.0 Å². The van der Waals surface area contributed by atoms with E-state index in [0.29, 0.717) is 10.8 Å². The van der Waals surface area contributed by atoms with Gasteiger partial charge in [0.05, 0.1) is 26.1 Å². The fraction of sp³-hybridized carbons (Fsp3) is 0. The molecule has 238 valence electrons. The molecule has 0 fully saturated rings. The average molecular weight is 757 g/mol. The van der Waals surface area contributed by atoms with Gasteiger partial charge < -0.3 is 30.0 Å². The van der Waals surface area contributed by atoms with Gasteiger partial charge in [0.2, 0.25) is 11.9 Å². The summed E-state index contributed by atoms with van der Waals surface area (Å²) < 4.78 is 121. The Morgan fingerprint density at radius 1 is 0.653 bits per heavy atom. The van der Waals surface area contributed by atoms with Crippen LogP contribution in [0.2, 0.25) is 0 Å². The van der Waals surface area contributed by atoms with Gasteiger partial charge in [-0.05, 0) is 41.8 Å². The zero-order valence-corrected chi connectivity index (χ0v) is 34.0. The Morgan fingerprint density at radius 2 is 1.22 bits per heavy atom. The van der Waals surface area contributed by atoms with Crippen LogP contribution in [0.25, 0.3) is 10.8 Å². The number of para-hydroxylation sites is 1. The van der Waals surface area contributed by atoms with Crippen molar-refractivity contribution in [3.63, 3.8) is 0 Å². The molecule has 0 saturated heterocycles. The third kappa shape index (κ3) is 10.4. The number of rotatable bonds is 9. The van der Waals surface area contributed by atoms with Crippen LogP contribution in [0.15, 0.2) is 97.7 Å². The Kier molecular flexibility index (Phi) is 14.8. The summed E-state index contributed by atoms with van der Waals surface area (Å²) >= 11 is 0. The van der Waals surface area contributed by atoms with E-state index in [1.165, 1.54) is 30.3 Å². The van der Waals surface area contributed by atoms with E-state index in [9.17, 15) is 43.3 Å². The summed E-state index contributed by atoms with van der Waals surface area (Å²) in [6.07, 6.45) is -1.36. The number of nitrogens with zero attached hydrogens (tertiary/aromatic N) is 5. The number of hydrogen-bond acceptors (Lipinski definition) is 17. The molecule has 24 heteroatoms. The van der Waals surface area contributed by atoms with Crippen LogP contribution in [0.3, 0.4) is 0 Å². The van der Waals surface area contributed by atoms with Gasteiger partial charge in [0, 0.05) is 11.1 Å². The largest absolute Gasteiger partial charge is 1.00 e. The molecule has 0 aliphatic rings. The fourth-order valence-electron chi connectivity index (χ4n) is 4.12. The van der Waals surface area contributed by atoms with E-state index in [-0.39, 0.29) is 106 Å². The maximum Gasteiger partial charge on any atom is 1.00 e. The van der Waals surface area contributed by atoms with Crippen molar-refractivity contribution in [2.45, 2.75) is 14.7 Å². The van der Waals surface area contributed by atoms with Gasteiger partial charge in [-0.1, -0.05) is 36.4 Å². The predicted molar refractivity (Wildman–Crippen MR) is 156 cm³/mol. The van der Waals surface area contributed by atoms with E-state index in [0.717, 1.165) is 30.3 Å². The van der Waals surface area contributed by atoms with E-state index in [1.807, 2.05) is 0 Å². The van der Waals surface area contributed by atoms with E-state index < -0.39 is 74.4 Å². The molecule has 0 unspecified atom stereocenters. The van der Waals surface area contributed by atoms with Crippen LogP contribution in [-0.2, 0) is 30.4 Å². The van der Waals surface area contributed by atoms with Crippen molar-refractivity contribution in [1.29, 1.82) is 0 Å². The van der Waals surface area contributed by atoms with Crippen LogP contribution in [0, 0.1) is 6.08 Å². The van der Waals surface area contributed by atoms with E-state index >= 15 is 0 Å². The number of nitrogens with two attached hydrogens (primary N) is 1. The van der Waals surface area contributed by atoms with E-state index in [4.69, 9.17) is 5.73 Å². The first-order chi connectivity index (χ1) is 21.5. The first-order valence-corrected chi connectivity index (χ1v) is 16.5. The average Bonchev–Trinajstić information content (AvgIpc) is 2.95. The number of hydrogen-bond donors (Lipinski definition) is 3. The van der Waals surface area contributed by atoms with Crippen molar-refractivity contribution in [2.75, 3.05) is 16.4 Å². The summed E-state index contributed by atoms with van der Waals surface area (Å²) in [6, 6.07) is 14.8. The van der Waals surface area contributed by atoms with Gasteiger partial charge in [0.25, 0.3) is 0 Å². The van der Waals surface area contributed by atoms with E-state index in [1.54, 1.807) is 12.1 Å². The van der Waals surface area contributed by atoms with Crippen LogP contribution in [0.1, 0.15) is 0 Å². The molecule has 1 aromatic heterocycles. The number of nitrogens with one attached hydrogen (secondary N) is 2. The molecule has 0 bridgehead atoms. The van der Waals surface area contributed by atoms with Gasteiger partial charge in [-0.25, -0.2) is 25.3 Å². The zero-order valence-electron chi connectivity index (χ0n) is 25.5. The Morgan fingerprint density at radius 3 is 1.86 bits per heavy atom. The minimum absolute atomic E-state index is 0. The molecule has 5 aromatic rings. The van der Waals surface area contributed by atoms with Crippen LogP contribution in [-0.4, -0.2) is 53.9 Å². The molecule has 0 saturated carbocycles. The second-order valence-electron chi connectivity index (χ2n) is 9.10. The monoisotopic (exact) mass is 756 g/mol. The van der Waals surface area contributed by atoms with Crippen LogP contribution in [0.5, 0.6) is 0 Å². The van der Waals surface area contributed by atoms with Crippen LogP contribution < -0.4 is 105 Å². The van der Waals surface area contributed by atoms with Crippen molar-refractivity contribution < 1.29 is 132 Å².